The summed E-state index contributed by atoms with van der Waals surface area (Å²) >= 11 is 2.97. The molecule has 28 heavy (non-hydrogen) atoms. The van der Waals surface area contributed by atoms with Gasteiger partial charge in [-0.3, -0.25) is 9.59 Å². The molecule has 0 atom stereocenters. The van der Waals surface area contributed by atoms with E-state index in [1.54, 1.807) is 29.5 Å². The number of hydrogen-bond donors (Lipinski definition) is 2. The van der Waals surface area contributed by atoms with E-state index in [9.17, 15) is 14.0 Å². The Morgan fingerprint density at radius 2 is 1.93 bits per heavy atom. The molecular weight excluding hydrogens is 397 g/mol. The fourth-order valence-electron chi connectivity index (χ4n) is 2.62. The van der Waals surface area contributed by atoms with E-state index in [0.717, 1.165) is 20.3 Å². The second kappa shape index (κ2) is 9.07. The molecule has 0 bridgehead atoms. The zero-order valence-corrected chi connectivity index (χ0v) is 17.2. The van der Waals surface area contributed by atoms with Crippen LogP contribution in [0, 0.1) is 12.7 Å². The highest BCUT2D eigenvalue weighted by molar-refractivity contribution is 7.18. The number of carbonyl (C=O) groups is 2. The van der Waals surface area contributed by atoms with Crippen LogP contribution >= 0.6 is 22.7 Å². The van der Waals surface area contributed by atoms with Crippen molar-refractivity contribution in [2.75, 3.05) is 5.32 Å². The Hall–Kier alpha value is -2.58. The summed E-state index contributed by atoms with van der Waals surface area (Å²) in [5.74, 6) is -0.559. The molecule has 3 aromatic rings. The highest BCUT2D eigenvalue weighted by atomic mass is 32.1. The molecule has 0 spiro atoms. The smallest absolute Gasteiger partial charge is 0.226 e. The van der Waals surface area contributed by atoms with E-state index < -0.39 is 0 Å². The van der Waals surface area contributed by atoms with E-state index >= 15 is 0 Å². The van der Waals surface area contributed by atoms with Crippen molar-refractivity contribution in [3.05, 3.63) is 57.5 Å². The van der Waals surface area contributed by atoms with Crippen LogP contribution in [0.4, 0.5) is 9.52 Å². The SMILES string of the molecule is CC(=O)NCc1ccc(-c2nc(NC(=O)CCc3ccccc3F)sc2C)s1. The van der Waals surface area contributed by atoms with Crippen molar-refractivity contribution < 1.29 is 14.0 Å². The first kappa shape index (κ1) is 20.2. The number of rotatable bonds is 7. The molecule has 0 aliphatic rings. The number of anilines is 1. The number of hydrogen-bond acceptors (Lipinski definition) is 5. The molecule has 0 aliphatic carbocycles. The first-order chi connectivity index (χ1) is 13.4. The predicted octanol–water partition coefficient (Wildman–Crippen LogP) is 4.53. The molecule has 0 saturated heterocycles. The molecular formula is C20H20FN3O2S2. The van der Waals surface area contributed by atoms with Gasteiger partial charge in [-0.1, -0.05) is 18.2 Å². The van der Waals surface area contributed by atoms with E-state index in [0.29, 0.717) is 23.7 Å². The van der Waals surface area contributed by atoms with Crippen molar-refractivity contribution in [1.82, 2.24) is 10.3 Å². The molecule has 0 saturated carbocycles. The molecule has 0 aliphatic heterocycles. The molecule has 2 heterocycles. The molecule has 2 amide bonds. The van der Waals surface area contributed by atoms with E-state index in [4.69, 9.17) is 0 Å². The highest BCUT2D eigenvalue weighted by Crippen LogP contribution is 2.34. The lowest BCUT2D eigenvalue weighted by Crippen LogP contribution is -2.17. The van der Waals surface area contributed by atoms with Gasteiger partial charge in [0.05, 0.1) is 17.1 Å². The minimum Gasteiger partial charge on any atom is -0.351 e. The Morgan fingerprint density at radius 3 is 2.68 bits per heavy atom. The topological polar surface area (TPSA) is 71.1 Å². The lowest BCUT2D eigenvalue weighted by molar-refractivity contribution is -0.119. The molecule has 5 nitrogen and oxygen atoms in total. The average Bonchev–Trinajstić information content (AvgIpc) is 3.25. The summed E-state index contributed by atoms with van der Waals surface area (Å²) in [5.41, 5.74) is 1.35. The fourth-order valence-corrected chi connectivity index (χ4v) is 4.52. The van der Waals surface area contributed by atoms with Gasteiger partial charge in [0.25, 0.3) is 0 Å². The Labute approximate surface area is 170 Å². The van der Waals surface area contributed by atoms with Crippen LogP contribution in [0.5, 0.6) is 0 Å². The molecule has 2 N–H and O–H groups in total. The number of benzene rings is 1. The van der Waals surface area contributed by atoms with Crippen LogP contribution < -0.4 is 10.6 Å². The standard InChI is InChI=1S/C20H20FN3O2S2/c1-12-19(17-9-8-15(28-17)11-22-13(2)25)24-20(27-12)23-18(26)10-7-14-5-3-4-6-16(14)21/h3-6,8-9H,7,10-11H2,1-2H3,(H,22,25)(H,23,24,26). The number of aryl methyl sites for hydroxylation is 2. The fraction of sp³-hybridized carbons (Fsp3) is 0.250. The van der Waals surface area contributed by atoms with Crippen molar-refractivity contribution in [2.24, 2.45) is 0 Å². The third-order valence-electron chi connectivity index (χ3n) is 4.03. The molecule has 8 heteroatoms. The summed E-state index contributed by atoms with van der Waals surface area (Å²) in [5, 5.41) is 6.11. The second-order valence-corrected chi connectivity index (χ2v) is 8.61. The van der Waals surface area contributed by atoms with Crippen molar-refractivity contribution in [2.45, 2.75) is 33.2 Å². The number of nitrogens with one attached hydrogen (secondary N) is 2. The van der Waals surface area contributed by atoms with Crippen LogP contribution in [-0.2, 0) is 22.6 Å². The van der Waals surface area contributed by atoms with Crippen molar-refractivity contribution >= 4 is 39.6 Å². The van der Waals surface area contributed by atoms with Gasteiger partial charge in [-0.25, -0.2) is 9.37 Å². The maximum atomic E-state index is 13.6. The molecule has 146 valence electrons. The summed E-state index contributed by atoms with van der Waals surface area (Å²) < 4.78 is 13.6. The van der Waals surface area contributed by atoms with Gasteiger partial charge in [-0.2, -0.15) is 0 Å². The molecule has 2 aromatic heterocycles. The number of aromatic nitrogens is 1. The molecule has 0 unspecified atom stereocenters. The number of thiophene rings is 1. The number of carbonyl (C=O) groups excluding carboxylic acids is 2. The van der Waals surface area contributed by atoms with Crippen LogP contribution in [0.15, 0.2) is 36.4 Å². The average molecular weight is 418 g/mol. The van der Waals surface area contributed by atoms with E-state index in [1.807, 2.05) is 19.1 Å². The van der Waals surface area contributed by atoms with Crippen LogP contribution in [0.1, 0.15) is 28.7 Å². The van der Waals surface area contributed by atoms with Gasteiger partial charge in [-0.05, 0) is 37.1 Å². The summed E-state index contributed by atoms with van der Waals surface area (Å²) in [4.78, 5) is 30.8. The van der Waals surface area contributed by atoms with Crippen LogP contribution in [-0.4, -0.2) is 16.8 Å². The minimum atomic E-state index is -0.296. The Balaban J connectivity index is 1.61. The molecule has 1 aromatic carbocycles. The summed E-state index contributed by atoms with van der Waals surface area (Å²) in [6.07, 6.45) is 0.530. The van der Waals surface area contributed by atoms with Gasteiger partial charge in [0.15, 0.2) is 5.13 Å². The summed E-state index contributed by atoms with van der Waals surface area (Å²) in [7, 11) is 0. The molecule has 0 radical (unpaired) electrons. The third kappa shape index (κ3) is 5.24. The third-order valence-corrected chi connectivity index (χ3v) is 6.01. The number of amides is 2. The predicted molar refractivity (Wildman–Crippen MR) is 111 cm³/mol. The van der Waals surface area contributed by atoms with Crippen LogP contribution in [0.2, 0.25) is 0 Å². The Kier molecular flexibility index (Phi) is 6.53. The van der Waals surface area contributed by atoms with Gasteiger partial charge in [0.1, 0.15) is 5.82 Å². The lowest BCUT2D eigenvalue weighted by Gasteiger charge is -2.03. The Morgan fingerprint density at radius 1 is 1.14 bits per heavy atom. The van der Waals surface area contributed by atoms with E-state index in [2.05, 4.69) is 15.6 Å². The maximum absolute atomic E-state index is 13.6. The highest BCUT2D eigenvalue weighted by Gasteiger charge is 2.14. The number of thiazole rings is 1. The molecule has 0 fully saturated rings. The summed E-state index contributed by atoms with van der Waals surface area (Å²) in [6.45, 7) is 3.93. The van der Waals surface area contributed by atoms with Gasteiger partial charge < -0.3 is 10.6 Å². The largest absolute Gasteiger partial charge is 0.351 e. The first-order valence-electron chi connectivity index (χ1n) is 8.76. The van der Waals surface area contributed by atoms with Crippen LogP contribution in [0.25, 0.3) is 10.6 Å². The summed E-state index contributed by atoms with van der Waals surface area (Å²) in [6, 6.07) is 10.4. The minimum absolute atomic E-state index is 0.0693. The van der Waals surface area contributed by atoms with Gasteiger partial charge in [-0.15, -0.1) is 22.7 Å². The van der Waals surface area contributed by atoms with E-state index in [-0.39, 0.29) is 24.1 Å². The second-order valence-electron chi connectivity index (χ2n) is 6.24. The van der Waals surface area contributed by atoms with Crippen molar-refractivity contribution in [3.63, 3.8) is 0 Å². The van der Waals surface area contributed by atoms with Crippen molar-refractivity contribution in [1.29, 1.82) is 0 Å². The zero-order valence-electron chi connectivity index (χ0n) is 15.5. The van der Waals surface area contributed by atoms with Gasteiger partial charge >= 0.3 is 0 Å². The van der Waals surface area contributed by atoms with Gasteiger partial charge in [0, 0.05) is 23.1 Å². The van der Waals surface area contributed by atoms with Crippen molar-refractivity contribution in [3.8, 4) is 10.6 Å². The maximum Gasteiger partial charge on any atom is 0.226 e. The normalized spacial score (nSPS) is 10.7. The van der Waals surface area contributed by atoms with Crippen LogP contribution in [0.3, 0.4) is 0 Å². The van der Waals surface area contributed by atoms with E-state index in [1.165, 1.54) is 24.3 Å². The quantitative estimate of drug-likeness (QED) is 0.593. The molecule has 3 rings (SSSR count). The number of nitrogens with zero attached hydrogens (tertiary/aromatic N) is 1. The number of halogens is 1. The van der Waals surface area contributed by atoms with Gasteiger partial charge in [0.2, 0.25) is 11.8 Å². The lowest BCUT2D eigenvalue weighted by atomic mass is 10.1. The monoisotopic (exact) mass is 417 g/mol. The Bertz CT molecular complexity index is 997. The zero-order chi connectivity index (χ0) is 20.1. The first-order valence-corrected chi connectivity index (χ1v) is 10.4.